The van der Waals surface area contributed by atoms with E-state index in [1.54, 1.807) is 4.68 Å². The number of anilines is 1. The van der Waals surface area contributed by atoms with Gasteiger partial charge in [-0.2, -0.15) is 5.10 Å². The highest BCUT2D eigenvalue weighted by Gasteiger charge is 2.09. The Labute approximate surface area is 126 Å². The van der Waals surface area contributed by atoms with Gasteiger partial charge < -0.3 is 10.2 Å². The molecule has 2 heterocycles. The first-order valence-electron chi connectivity index (χ1n) is 7.20. The minimum Gasteiger partial charge on any atom is -0.339 e. The van der Waals surface area contributed by atoms with Gasteiger partial charge in [-0.05, 0) is 6.92 Å². The van der Waals surface area contributed by atoms with Crippen LogP contribution >= 0.6 is 0 Å². The summed E-state index contributed by atoms with van der Waals surface area (Å²) in [6.45, 7) is 7.84. The van der Waals surface area contributed by atoms with Crippen LogP contribution in [0.15, 0.2) is 18.6 Å². The first-order chi connectivity index (χ1) is 9.95. The Bertz CT molecular complexity index is 590. The van der Waals surface area contributed by atoms with E-state index >= 15 is 0 Å². The van der Waals surface area contributed by atoms with E-state index in [2.05, 4.69) is 34.2 Å². The summed E-state index contributed by atoms with van der Waals surface area (Å²) >= 11 is 0. The van der Waals surface area contributed by atoms with E-state index in [9.17, 15) is 0 Å². The van der Waals surface area contributed by atoms with Crippen molar-refractivity contribution in [2.45, 2.75) is 39.9 Å². The number of aryl methyl sites for hydroxylation is 2. The van der Waals surface area contributed by atoms with Crippen molar-refractivity contribution in [3.63, 3.8) is 0 Å². The largest absolute Gasteiger partial charge is 0.339 e. The maximum atomic E-state index is 4.60. The topological polar surface area (TPSA) is 58.9 Å². The molecule has 0 atom stereocenters. The minimum atomic E-state index is 0.456. The molecule has 0 spiro atoms. The molecule has 0 unspecified atom stereocenters. The summed E-state index contributed by atoms with van der Waals surface area (Å²) in [6, 6.07) is 0.456. The molecule has 0 fully saturated rings. The van der Waals surface area contributed by atoms with Crippen LogP contribution in [0.2, 0.25) is 0 Å². The molecule has 0 aromatic carbocycles. The van der Waals surface area contributed by atoms with Crippen molar-refractivity contribution < 1.29 is 0 Å². The van der Waals surface area contributed by atoms with E-state index in [1.165, 1.54) is 0 Å². The molecule has 1 N–H and O–H groups in total. The van der Waals surface area contributed by atoms with Crippen LogP contribution in [0.1, 0.15) is 30.7 Å². The molecule has 2 aromatic heterocycles. The fraction of sp³-hybridized carbons (Fsp3) is 0.533. The summed E-state index contributed by atoms with van der Waals surface area (Å²) in [5.41, 5.74) is 3.31. The van der Waals surface area contributed by atoms with Crippen LogP contribution in [0.25, 0.3) is 0 Å². The van der Waals surface area contributed by atoms with E-state index in [1.807, 2.05) is 44.5 Å². The van der Waals surface area contributed by atoms with Crippen molar-refractivity contribution >= 4 is 5.95 Å². The van der Waals surface area contributed by atoms with Crippen LogP contribution in [0, 0.1) is 6.92 Å². The quantitative estimate of drug-likeness (QED) is 0.876. The molecule has 0 saturated heterocycles. The Morgan fingerprint density at radius 3 is 2.67 bits per heavy atom. The van der Waals surface area contributed by atoms with Crippen LogP contribution < -0.4 is 10.2 Å². The van der Waals surface area contributed by atoms with Gasteiger partial charge in [0.05, 0.1) is 6.20 Å². The molecule has 114 valence electrons. The van der Waals surface area contributed by atoms with Gasteiger partial charge in [-0.1, -0.05) is 13.8 Å². The van der Waals surface area contributed by atoms with Crippen molar-refractivity contribution in [2.75, 3.05) is 11.9 Å². The third kappa shape index (κ3) is 4.26. The van der Waals surface area contributed by atoms with Gasteiger partial charge in [0.2, 0.25) is 5.95 Å². The SMILES string of the molecule is Cc1nc(N(C)Cc2cnn(C)c2)ncc1CNC(C)C. The molecule has 0 amide bonds. The van der Waals surface area contributed by atoms with Crippen molar-refractivity contribution in [1.29, 1.82) is 0 Å². The Hall–Kier alpha value is -1.95. The average Bonchev–Trinajstić information content (AvgIpc) is 2.82. The first-order valence-corrected chi connectivity index (χ1v) is 7.20. The normalized spacial score (nSPS) is 11.1. The first kappa shape index (κ1) is 15.4. The number of rotatable bonds is 6. The molecule has 0 aliphatic rings. The van der Waals surface area contributed by atoms with E-state index < -0.39 is 0 Å². The molecule has 6 heteroatoms. The van der Waals surface area contributed by atoms with Crippen molar-refractivity contribution in [2.24, 2.45) is 7.05 Å². The highest BCUT2D eigenvalue weighted by atomic mass is 15.3. The molecule has 0 aliphatic heterocycles. The van der Waals surface area contributed by atoms with Crippen molar-refractivity contribution in [3.05, 3.63) is 35.4 Å². The third-order valence-electron chi connectivity index (χ3n) is 3.29. The Balaban J connectivity index is 2.04. The number of hydrogen-bond donors (Lipinski definition) is 1. The molecular formula is C15H24N6. The monoisotopic (exact) mass is 288 g/mol. The molecule has 21 heavy (non-hydrogen) atoms. The fourth-order valence-corrected chi connectivity index (χ4v) is 2.05. The standard InChI is InChI=1S/C15H24N6/c1-11(2)16-7-14-8-17-15(19-12(14)3)20(4)9-13-6-18-21(5)10-13/h6,8,10-11,16H,7,9H2,1-5H3. The zero-order chi connectivity index (χ0) is 15.4. The van der Waals surface area contributed by atoms with Crippen LogP contribution in [-0.4, -0.2) is 32.8 Å². The molecular weight excluding hydrogens is 264 g/mol. The summed E-state index contributed by atoms with van der Waals surface area (Å²) in [5.74, 6) is 0.740. The summed E-state index contributed by atoms with van der Waals surface area (Å²) in [4.78, 5) is 11.1. The second-order valence-corrected chi connectivity index (χ2v) is 5.69. The van der Waals surface area contributed by atoms with Gasteiger partial charge in [0.25, 0.3) is 0 Å². The smallest absolute Gasteiger partial charge is 0.225 e. The van der Waals surface area contributed by atoms with Gasteiger partial charge in [-0.25, -0.2) is 9.97 Å². The number of aromatic nitrogens is 4. The zero-order valence-corrected chi connectivity index (χ0v) is 13.5. The predicted molar refractivity (Wildman–Crippen MR) is 84.1 cm³/mol. The average molecular weight is 288 g/mol. The molecule has 2 rings (SSSR count). The lowest BCUT2D eigenvalue weighted by atomic mass is 10.2. The van der Waals surface area contributed by atoms with E-state index in [0.29, 0.717) is 6.04 Å². The Morgan fingerprint density at radius 2 is 2.10 bits per heavy atom. The highest BCUT2D eigenvalue weighted by Crippen LogP contribution is 2.12. The van der Waals surface area contributed by atoms with Gasteiger partial charge in [-0.15, -0.1) is 0 Å². The van der Waals surface area contributed by atoms with Crippen LogP contribution in [0.5, 0.6) is 0 Å². The lowest BCUT2D eigenvalue weighted by Crippen LogP contribution is -2.24. The molecule has 0 aliphatic carbocycles. The lowest BCUT2D eigenvalue weighted by Gasteiger charge is -2.17. The predicted octanol–water partition coefficient (Wildman–Crippen LogP) is 1.65. The van der Waals surface area contributed by atoms with Crippen molar-refractivity contribution in [3.8, 4) is 0 Å². The lowest BCUT2D eigenvalue weighted by molar-refractivity contribution is 0.584. The highest BCUT2D eigenvalue weighted by molar-refractivity contribution is 5.33. The van der Waals surface area contributed by atoms with Crippen LogP contribution in [0.4, 0.5) is 5.95 Å². The van der Waals surface area contributed by atoms with E-state index in [4.69, 9.17) is 0 Å². The summed E-state index contributed by atoms with van der Waals surface area (Å²) in [7, 11) is 3.91. The second-order valence-electron chi connectivity index (χ2n) is 5.69. The Kier molecular flexibility index (Phi) is 4.90. The van der Waals surface area contributed by atoms with Gasteiger partial charge in [0.1, 0.15) is 0 Å². The number of nitrogens with one attached hydrogen (secondary N) is 1. The fourth-order valence-electron chi connectivity index (χ4n) is 2.05. The maximum absolute atomic E-state index is 4.60. The van der Waals surface area contributed by atoms with Crippen molar-refractivity contribution in [1.82, 2.24) is 25.1 Å². The maximum Gasteiger partial charge on any atom is 0.225 e. The molecule has 0 radical (unpaired) electrons. The van der Waals surface area contributed by atoms with Gasteiger partial charge in [0.15, 0.2) is 0 Å². The van der Waals surface area contributed by atoms with E-state index in [-0.39, 0.29) is 0 Å². The molecule has 0 saturated carbocycles. The number of nitrogens with zero attached hydrogens (tertiary/aromatic N) is 5. The molecule has 0 bridgehead atoms. The van der Waals surface area contributed by atoms with E-state index in [0.717, 1.165) is 35.9 Å². The Morgan fingerprint density at radius 1 is 1.33 bits per heavy atom. The second kappa shape index (κ2) is 6.67. The molecule has 2 aromatic rings. The minimum absolute atomic E-state index is 0.456. The van der Waals surface area contributed by atoms with Gasteiger partial charge in [0, 0.05) is 62.4 Å². The van der Waals surface area contributed by atoms with Gasteiger partial charge in [-0.3, -0.25) is 4.68 Å². The third-order valence-corrected chi connectivity index (χ3v) is 3.29. The zero-order valence-electron chi connectivity index (χ0n) is 13.5. The van der Waals surface area contributed by atoms with Gasteiger partial charge >= 0.3 is 0 Å². The number of hydrogen-bond acceptors (Lipinski definition) is 5. The summed E-state index contributed by atoms with van der Waals surface area (Å²) < 4.78 is 1.80. The van der Waals surface area contributed by atoms with Crippen LogP contribution in [0.3, 0.4) is 0 Å². The van der Waals surface area contributed by atoms with Crippen LogP contribution in [-0.2, 0) is 20.1 Å². The summed E-state index contributed by atoms with van der Waals surface area (Å²) in [5, 5.41) is 7.57. The molecule has 6 nitrogen and oxygen atoms in total. The summed E-state index contributed by atoms with van der Waals surface area (Å²) in [6.07, 6.45) is 5.78.